The molecular weight excluding hydrogens is 629 g/mol. The van der Waals surface area contributed by atoms with Gasteiger partial charge in [-0.1, -0.05) is 296 Å². The molecule has 0 aliphatic rings. The summed E-state index contributed by atoms with van der Waals surface area (Å²) < 4.78 is 0. The second-order valence-electron chi connectivity index (χ2n) is 17.6. The van der Waals surface area contributed by atoms with Crippen LogP contribution in [0.4, 0.5) is 0 Å². The summed E-state index contributed by atoms with van der Waals surface area (Å²) in [6.07, 6.45) is 67.3. The van der Waals surface area contributed by atoms with Gasteiger partial charge >= 0.3 is 0 Å². The van der Waals surface area contributed by atoms with Crippen molar-refractivity contribution in [3.05, 3.63) is 0 Å². The van der Waals surface area contributed by atoms with Gasteiger partial charge in [0.1, 0.15) is 5.78 Å². The average Bonchev–Trinajstić information content (AvgIpc) is 3.15. The molecule has 0 atom stereocenters. The van der Waals surface area contributed by atoms with Gasteiger partial charge in [0.05, 0.1) is 0 Å². The predicted molar refractivity (Wildman–Crippen MR) is 238 cm³/mol. The summed E-state index contributed by atoms with van der Waals surface area (Å²) in [5.41, 5.74) is 0. The molecule has 0 aromatic heterocycles. The van der Waals surface area contributed by atoms with Crippen LogP contribution in [0, 0.1) is 0 Å². The molecule has 0 aromatic carbocycles. The van der Waals surface area contributed by atoms with Crippen LogP contribution in [0.25, 0.3) is 0 Å². The first-order chi connectivity index (χ1) is 25.8. The van der Waals surface area contributed by atoms with Crippen molar-refractivity contribution in [2.45, 2.75) is 322 Å². The lowest BCUT2D eigenvalue weighted by Gasteiger charge is -2.05. The highest BCUT2D eigenvalue weighted by atomic mass is 16.1. The molecule has 0 saturated heterocycles. The minimum Gasteiger partial charge on any atom is -0.300 e. The Bertz CT molecular complexity index is 625. The van der Waals surface area contributed by atoms with Crippen molar-refractivity contribution in [1.82, 2.24) is 0 Å². The minimum absolute atomic E-state index is 0.533. The van der Waals surface area contributed by atoms with Gasteiger partial charge in [-0.2, -0.15) is 0 Å². The summed E-state index contributed by atoms with van der Waals surface area (Å²) in [5, 5.41) is 0. The van der Waals surface area contributed by atoms with E-state index in [1.54, 1.807) is 0 Å². The fraction of sp³-hybridized carbons (Fsp3) is 0.980. The molecule has 312 valence electrons. The molecule has 0 radical (unpaired) electrons. The molecule has 0 aliphatic carbocycles. The number of hydrogen-bond donors (Lipinski definition) is 0. The SMILES string of the molecule is CCCCCCCCCCCCCCCCCCCCCCCCCCCCCCCCC(=O)CCCCCCCCCCCCCCCCCC. The summed E-state index contributed by atoms with van der Waals surface area (Å²) in [7, 11) is 0. The van der Waals surface area contributed by atoms with Crippen LogP contribution in [0.3, 0.4) is 0 Å². The van der Waals surface area contributed by atoms with Gasteiger partial charge in [-0.3, -0.25) is 4.79 Å². The first kappa shape index (κ1) is 51.7. The summed E-state index contributed by atoms with van der Waals surface area (Å²) in [6.45, 7) is 4.61. The van der Waals surface area contributed by atoms with Crippen molar-refractivity contribution in [3.63, 3.8) is 0 Å². The molecule has 0 amide bonds. The van der Waals surface area contributed by atoms with Crippen LogP contribution in [0.15, 0.2) is 0 Å². The Morgan fingerprint density at radius 2 is 0.308 bits per heavy atom. The van der Waals surface area contributed by atoms with Gasteiger partial charge < -0.3 is 0 Å². The second-order valence-corrected chi connectivity index (χ2v) is 17.6. The lowest BCUT2D eigenvalue weighted by molar-refractivity contribution is -0.119. The van der Waals surface area contributed by atoms with Gasteiger partial charge in [0, 0.05) is 12.8 Å². The first-order valence-corrected chi connectivity index (χ1v) is 25.3. The smallest absolute Gasteiger partial charge is 0.132 e. The third-order valence-electron chi connectivity index (χ3n) is 12.1. The van der Waals surface area contributed by atoms with Crippen molar-refractivity contribution < 1.29 is 4.79 Å². The van der Waals surface area contributed by atoms with Gasteiger partial charge in [-0.25, -0.2) is 0 Å². The van der Waals surface area contributed by atoms with E-state index in [0.717, 1.165) is 25.7 Å². The van der Waals surface area contributed by atoms with E-state index in [1.807, 2.05) is 0 Å². The lowest BCUT2D eigenvalue weighted by Crippen LogP contribution is -1.97. The van der Waals surface area contributed by atoms with E-state index in [9.17, 15) is 4.79 Å². The van der Waals surface area contributed by atoms with E-state index in [0.29, 0.717) is 5.78 Å². The molecule has 0 N–H and O–H groups in total. The Hall–Kier alpha value is -0.330. The zero-order chi connectivity index (χ0) is 37.5. The molecule has 0 bridgehead atoms. The number of Topliss-reactive ketones (excluding diaryl/α,β-unsaturated/α-hetero) is 1. The van der Waals surface area contributed by atoms with Gasteiger partial charge in [0.2, 0.25) is 0 Å². The quantitative estimate of drug-likeness (QED) is 0.0570. The summed E-state index contributed by atoms with van der Waals surface area (Å²) in [5.74, 6) is 0.533. The van der Waals surface area contributed by atoms with Crippen LogP contribution in [0.1, 0.15) is 322 Å². The molecule has 1 heteroatoms. The molecule has 0 aliphatic heterocycles. The van der Waals surface area contributed by atoms with Gasteiger partial charge in [0.25, 0.3) is 0 Å². The zero-order valence-corrected chi connectivity index (χ0v) is 36.8. The average molecular weight is 731 g/mol. The highest BCUT2D eigenvalue weighted by molar-refractivity contribution is 5.78. The van der Waals surface area contributed by atoms with Crippen molar-refractivity contribution in [2.24, 2.45) is 0 Å². The predicted octanol–water partition coefficient (Wildman–Crippen LogP) is 19.3. The Morgan fingerprint density at radius 3 is 0.442 bits per heavy atom. The molecule has 1 nitrogen and oxygen atoms in total. The molecule has 0 spiro atoms. The second kappa shape index (κ2) is 48.7. The third kappa shape index (κ3) is 47.7. The Balaban J connectivity index is 3.13. The normalized spacial score (nSPS) is 11.6. The van der Waals surface area contributed by atoms with E-state index in [4.69, 9.17) is 0 Å². The van der Waals surface area contributed by atoms with Crippen molar-refractivity contribution >= 4 is 5.78 Å². The van der Waals surface area contributed by atoms with Crippen LogP contribution in [0.5, 0.6) is 0 Å². The maximum Gasteiger partial charge on any atom is 0.132 e. The van der Waals surface area contributed by atoms with Crippen molar-refractivity contribution in [2.75, 3.05) is 0 Å². The summed E-state index contributed by atoms with van der Waals surface area (Å²) in [6, 6.07) is 0. The van der Waals surface area contributed by atoms with Crippen LogP contribution < -0.4 is 0 Å². The number of ketones is 1. The highest BCUT2D eigenvalue weighted by Gasteiger charge is 2.03. The molecule has 0 unspecified atom stereocenters. The standard InChI is InChI=1S/C51H102O/c1-3-5-7-9-11-13-15-17-19-21-22-23-24-25-26-27-28-29-30-31-32-33-34-36-38-40-42-44-46-48-50-51(52)49-47-45-43-41-39-37-35-20-18-16-14-12-10-8-6-4-2/h3-50H2,1-2H3. The number of carbonyl (C=O) groups is 1. The Morgan fingerprint density at radius 1 is 0.192 bits per heavy atom. The monoisotopic (exact) mass is 731 g/mol. The van der Waals surface area contributed by atoms with Gasteiger partial charge in [-0.05, 0) is 12.8 Å². The summed E-state index contributed by atoms with van der Waals surface area (Å²) >= 11 is 0. The fourth-order valence-electron chi connectivity index (χ4n) is 8.34. The summed E-state index contributed by atoms with van der Waals surface area (Å²) in [4.78, 5) is 12.2. The molecular formula is C51H102O. The molecule has 0 fully saturated rings. The maximum absolute atomic E-state index is 12.2. The fourth-order valence-corrected chi connectivity index (χ4v) is 8.34. The Kier molecular flexibility index (Phi) is 48.4. The van der Waals surface area contributed by atoms with E-state index in [-0.39, 0.29) is 0 Å². The van der Waals surface area contributed by atoms with E-state index < -0.39 is 0 Å². The zero-order valence-electron chi connectivity index (χ0n) is 36.8. The van der Waals surface area contributed by atoms with E-state index >= 15 is 0 Å². The van der Waals surface area contributed by atoms with E-state index in [1.165, 1.54) is 283 Å². The number of unbranched alkanes of at least 4 members (excludes halogenated alkanes) is 44. The molecule has 0 heterocycles. The largest absolute Gasteiger partial charge is 0.300 e. The number of carbonyl (C=O) groups excluding carboxylic acids is 1. The van der Waals surface area contributed by atoms with Crippen LogP contribution in [0.2, 0.25) is 0 Å². The highest BCUT2D eigenvalue weighted by Crippen LogP contribution is 2.18. The Labute approximate surface area is 331 Å². The minimum atomic E-state index is 0.533. The van der Waals surface area contributed by atoms with Crippen molar-refractivity contribution in [3.8, 4) is 0 Å². The first-order valence-electron chi connectivity index (χ1n) is 25.3. The van der Waals surface area contributed by atoms with Crippen LogP contribution in [-0.4, -0.2) is 5.78 Å². The van der Waals surface area contributed by atoms with Crippen LogP contribution in [-0.2, 0) is 4.79 Å². The van der Waals surface area contributed by atoms with Gasteiger partial charge in [0.15, 0.2) is 0 Å². The van der Waals surface area contributed by atoms with Crippen LogP contribution >= 0.6 is 0 Å². The molecule has 0 rings (SSSR count). The van der Waals surface area contributed by atoms with E-state index in [2.05, 4.69) is 13.8 Å². The van der Waals surface area contributed by atoms with Crippen molar-refractivity contribution in [1.29, 1.82) is 0 Å². The third-order valence-corrected chi connectivity index (χ3v) is 12.1. The maximum atomic E-state index is 12.2. The van der Waals surface area contributed by atoms with Gasteiger partial charge in [-0.15, -0.1) is 0 Å². The topological polar surface area (TPSA) is 17.1 Å². The molecule has 0 aromatic rings. The lowest BCUT2D eigenvalue weighted by atomic mass is 10.0. The molecule has 52 heavy (non-hydrogen) atoms. The number of hydrogen-bond acceptors (Lipinski definition) is 1. The molecule has 0 saturated carbocycles. The number of rotatable bonds is 48.